The van der Waals surface area contributed by atoms with E-state index in [4.69, 9.17) is 4.74 Å². The molecule has 2 N–H and O–H groups in total. The minimum absolute atomic E-state index is 0.156. The summed E-state index contributed by atoms with van der Waals surface area (Å²) in [6.45, 7) is 1.33. The van der Waals surface area contributed by atoms with E-state index in [0.29, 0.717) is 6.61 Å². The van der Waals surface area contributed by atoms with Gasteiger partial charge in [0.1, 0.15) is 6.10 Å². The monoisotopic (exact) mass is 254 g/mol. The van der Waals surface area contributed by atoms with Crippen LogP contribution in [0.25, 0.3) is 0 Å². The van der Waals surface area contributed by atoms with Crippen LogP contribution in [0, 0.1) is 0 Å². The third kappa shape index (κ3) is 3.80. The molecular formula is C13H18O5. The number of aliphatic hydroxyl groups excluding tert-OH is 1. The SMILES string of the molecule is COC(=O)[C@@](C)(O)[C@H](O)COCc1ccccc1. The van der Waals surface area contributed by atoms with Gasteiger partial charge in [-0.05, 0) is 12.5 Å². The molecule has 0 spiro atoms. The predicted octanol–water partition coefficient (Wildman–Crippen LogP) is 0.488. The van der Waals surface area contributed by atoms with Gasteiger partial charge in [0.2, 0.25) is 0 Å². The molecule has 5 nitrogen and oxygen atoms in total. The van der Waals surface area contributed by atoms with E-state index in [9.17, 15) is 15.0 Å². The number of esters is 1. The second-order valence-electron chi connectivity index (χ2n) is 4.16. The average Bonchev–Trinajstić information content (AvgIpc) is 2.38. The van der Waals surface area contributed by atoms with Crippen LogP contribution in [0.15, 0.2) is 30.3 Å². The maximum Gasteiger partial charge on any atom is 0.340 e. The molecule has 2 atom stereocenters. The quantitative estimate of drug-likeness (QED) is 0.722. The van der Waals surface area contributed by atoms with Gasteiger partial charge in [0.15, 0.2) is 5.60 Å². The first-order valence-corrected chi connectivity index (χ1v) is 5.59. The van der Waals surface area contributed by atoms with Crippen molar-refractivity contribution in [2.45, 2.75) is 25.2 Å². The number of carbonyl (C=O) groups is 1. The Hall–Kier alpha value is -1.43. The van der Waals surface area contributed by atoms with E-state index in [1.807, 2.05) is 30.3 Å². The highest BCUT2D eigenvalue weighted by atomic mass is 16.5. The van der Waals surface area contributed by atoms with Gasteiger partial charge in [-0.15, -0.1) is 0 Å². The van der Waals surface area contributed by atoms with Crippen LogP contribution >= 0.6 is 0 Å². The van der Waals surface area contributed by atoms with Gasteiger partial charge in [-0.25, -0.2) is 4.79 Å². The molecule has 0 radical (unpaired) electrons. The molecule has 1 aromatic carbocycles. The van der Waals surface area contributed by atoms with Crippen LogP contribution in [0.5, 0.6) is 0 Å². The van der Waals surface area contributed by atoms with Crippen LogP contribution in [0.2, 0.25) is 0 Å². The molecule has 0 unspecified atom stereocenters. The first-order valence-electron chi connectivity index (χ1n) is 5.59. The molecule has 5 heteroatoms. The Labute approximate surface area is 106 Å². The van der Waals surface area contributed by atoms with Crippen molar-refractivity contribution >= 4 is 5.97 Å². The maximum absolute atomic E-state index is 11.2. The Kier molecular flexibility index (Phi) is 5.27. The van der Waals surface area contributed by atoms with Crippen molar-refractivity contribution in [1.29, 1.82) is 0 Å². The topological polar surface area (TPSA) is 76.0 Å². The summed E-state index contributed by atoms with van der Waals surface area (Å²) >= 11 is 0. The lowest BCUT2D eigenvalue weighted by Gasteiger charge is -2.25. The lowest BCUT2D eigenvalue weighted by Crippen LogP contribution is -2.49. The number of benzene rings is 1. The van der Waals surface area contributed by atoms with Gasteiger partial charge in [-0.2, -0.15) is 0 Å². The van der Waals surface area contributed by atoms with Crippen LogP contribution in [-0.2, 0) is 20.9 Å². The average molecular weight is 254 g/mol. The van der Waals surface area contributed by atoms with E-state index in [1.54, 1.807) is 0 Å². The van der Waals surface area contributed by atoms with Crippen LogP contribution in [0.3, 0.4) is 0 Å². The summed E-state index contributed by atoms with van der Waals surface area (Å²) in [5.41, 5.74) is -1.02. The molecule has 18 heavy (non-hydrogen) atoms. The smallest absolute Gasteiger partial charge is 0.340 e. The zero-order valence-corrected chi connectivity index (χ0v) is 10.5. The Morgan fingerprint density at radius 1 is 1.39 bits per heavy atom. The Morgan fingerprint density at radius 2 is 2.00 bits per heavy atom. The summed E-state index contributed by atoms with van der Waals surface area (Å²) in [7, 11) is 1.15. The van der Waals surface area contributed by atoms with Crippen molar-refractivity contribution in [3.05, 3.63) is 35.9 Å². The number of ether oxygens (including phenoxy) is 2. The van der Waals surface area contributed by atoms with Crippen molar-refractivity contribution in [3.63, 3.8) is 0 Å². The minimum atomic E-state index is -1.97. The summed E-state index contributed by atoms with van der Waals surface area (Å²) in [6.07, 6.45) is -1.34. The van der Waals surface area contributed by atoms with Crippen LogP contribution < -0.4 is 0 Å². The highest BCUT2D eigenvalue weighted by Crippen LogP contribution is 2.13. The van der Waals surface area contributed by atoms with E-state index >= 15 is 0 Å². The summed E-state index contributed by atoms with van der Waals surface area (Å²) in [6, 6.07) is 9.40. The van der Waals surface area contributed by atoms with E-state index in [1.165, 1.54) is 6.92 Å². The van der Waals surface area contributed by atoms with Gasteiger partial charge in [0, 0.05) is 0 Å². The molecule has 0 aliphatic carbocycles. The Bertz CT molecular complexity index is 374. The Morgan fingerprint density at radius 3 is 2.56 bits per heavy atom. The molecule has 0 bridgehead atoms. The van der Waals surface area contributed by atoms with Crippen LogP contribution in [0.1, 0.15) is 12.5 Å². The number of carbonyl (C=O) groups excluding carboxylic acids is 1. The summed E-state index contributed by atoms with van der Waals surface area (Å²) in [4.78, 5) is 11.2. The normalized spacial score (nSPS) is 15.8. The fourth-order valence-corrected chi connectivity index (χ4v) is 1.37. The predicted molar refractivity (Wildman–Crippen MR) is 64.7 cm³/mol. The first kappa shape index (κ1) is 14.6. The van der Waals surface area contributed by atoms with Gasteiger partial charge in [0.05, 0.1) is 20.3 Å². The zero-order valence-electron chi connectivity index (χ0n) is 10.5. The molecule has 0 saturated heterocycles. The minimum Gasteiger partial charge on any atom is -0.467 e. The second-order valence-corrected chi connectivity index (χ2v) is 4.16. The largest absolute Gasteiger partial charge is 0.467 e. The van der Waals surface area contributed by atoms with Gasteiger partial charge in [-0.3, -0.25) is 0 Å². The molecule has 1 rings (SSSR count). The summed E-state index contributed by atoms with van der Waals surface area (Å²) < 4.78 is 9.64. The highest BCUT2D eigenvalue weighted by molar-refractivity contribution is 5.79. The third-order valence-corrected chi connectivity index (χ3v) is 2.63. The molecule has 0 aliphatic heterocycles. The Balaban J connectivity index is 2.42. The molecule has 0 heterocycles. The van der Waals surface area contributed by atoms with Gasteiger partial charge < -0.3 is 19.7 Å². The van der Waals surface area contributed by atoms with Crippen molar-refractivity contribution in [2.24, 2.45) is 0 Å². The van der Waals surface area contributed by atoms with E-state index in [0.717, 1.165) is 12.7 Å². The van der Waals surface area contributed by atoms with E-state index in [-0.39, 0.29) is 6.61 Å². The second kappa shape index (κ2) is 6.49. The molecule has 1 aromatic rings. The number of aliphatic hydroxyl groups is 2. The number of methoxy groups -OCH3 is 1. The first-order chi connectivity index (χ1) is 8.48. The fraction of sp³-hybridized carbons (Fsp3) is 0.462. The molecular weight excluding hydrogens is 236 g/mol. The number of rotatable bonds is 6. The summed E-state index contributed by atoms with van der Waals surface area (Å²) in [5.74, 6) is -0.890. The van der Waals surface area contributed by atoms with Crippen LogP contribution in [-0.4, -0.2) is 41.6 Å². The van der Waals surface area contributed by atoms with E-state index in [2.05, 4.69) is 4.74 Å². The highest BCUT2D eigenvalue weighted by Gasteiger charge is 2.39. The van der Waals surface area contributed by atoms with Crippen molar-refractivity contribution in [1.82, 2.24) is 0 Å². The van der Waals surface area contributed by atoms with Gasteiger partial charge >= 0.3 is 5.97 Å². The zero-order chi connectivity index (χ0) is 13.6. The maximum atomic E-state index is 11.2. The molecule has 100 valence electrons. The standard InChI is InChI=1S/C13H18O5/c1-13(16,12(15)17-2)11(14)9-18-8-10-6-4-3-5-7-10/h3-7,11,14,16H,8-9H2,1-2H3/t11-,13+/m1/s1. The van der Waals surface area contributed by atoms with Crippen molar-refractivity contribution < 1.29 is 24.5 Å². The number of hydrogen-bond donors (Lipinski definition) is 2. The van der Waals surface area contributed by atoms with Crippen LogP contribution in [0.4, 0.5) is 0 Å². The summed E-state index contributed by atoms with van der Waals surface area (Å²) in [5, 5.41) is 19.4. The lowest BCUT2D eigenvalue weighted by atomic mass is 10.0. The van der Waals surface area contributed by atoms with Gasteiger partial charge in [-0.1, -0.05) is 30.3 Å². The van der Waals surface area contributed by atoms with Crippen molar-refractivity contribution in [2.75, 3.05) is 13.7 Å². The molecule has 0 fully saturated rings. The molecule has 0 amide bonds. The third-order valence-electron chi connectivity index (χ3n) is 2.63. The molecule has 0 saturated carbocycles. The number of hydrogen-bond acceptors (Lipinski definition) is 5. The fourth-order valence-electron chi connectivity index (χ4n) is 1.37. The molecule has 0 aromatic heterocycles. The lowest BCUT2D eigenvalue weighted by molar-refractivity contribution is -0.177. The molecule has 0 aliphatic rings. The van der Waals surface area contributed by atoms with Crippen molar-refractivity contribution in [3.8, 4) is 0 Å². The van der Waals surface area contributed by atoms with E-state index < -0.39 is 17.7 Å². The van der Waals surface area contributed by atoms with Gasteiger partial charge in [0.25, 0.3) is 0 Å².